The van der Waals surface area contributed by atoms with E-state index >= 15 is 0 Å². The topological polar surface area (TPSA) is 111 Å². The first kappa shape index (κ1) is 71.3. The van der Waals surface area contributed by atoms with E-state index in [0.717, 1.165) is 38.5 Å². The van der Waals surface area contributed by atoms with Crippen LogP contribution in [0.4, 0.5) is 0 Å². The predicted molar refractivity (Wildman–Crippen MR) is 307 cm³/mol. The van der Waals surface area contributed by atoms with Gasteiger partial charge >= 0.3 is 11.9 Å². The standard InChI is InChI=1S/C64H125NO8/c1-6-8-10-12-14-16-17-18-19-20-21-22-23-24-25-26-27-28-29-30-31-32-33-34-35-36-37-38-39-40-41-42-43-44-45-46-47-49-51-53-55-62(67)73-60(59-72-64(63(68)69)70-57-56-65(3,4)5)58-71-61(66)54-52-50-48-15-13-11-9-7-2/h60,64H,6-59H2,1-5H3. The minimum atomic E-state index is -1.61. The summed E-state index contributed by atoms with van der Waals surface area (Å²) in [5.74, 6) is -2.26. The predicted octanol–water partition coefficient (Wildman–Crippen LogP) is 17.8. The second-order valence-corrected chi connectivity index (χ2v) is 23.4. The molecule has 2 atom stereocenters. The van der Waals surface area contributed by atoms with Crippen molar-refractivity contribution in [3.05, 3.63) is 0 Å². The van der Waals surface area contributed by atoms with Crippen LogP contribution < -0.4 is 5.11 Å². The fraction of sp³-hybridized carbons (Fsp3) is 0.953. The molecule has 0 rings (SSSR count). The Bertz CT molecular complexity index is 1160. The highest BCUT2D eigenvalue weighted by atomic mass is 16.7. The smallest absolute Gasteiger partial charge is 0.306 e. The Morgan fingerprint density at radius 1 is 0.356 bits per heavy atom. The fourth-order valence-corrected chi connectivity index (χ4v) is 9.89. The zero-order valence-electron chi connectivity index (χ0n) is 49.6. The molecule has 0 spiro atoms. The van der Waals surface area contributed by atoms with Crippen LogP contribution in [0.25, 0.3) is 0 Å². The molecule has 0 saturated carbocycles. The summed E-state index contributed by atoms with van der Waals surface area (Å²) in [6.07, 6.45) is 62.4. The minimum Gasteiger partial charge on any atom is -0.545 e. The number of esters is 2. The molecule has 73 heavy (non-hydrogen) atoms. The summed E-state index contributed by atoms with van der Waals surface area (Å²) in [5, 5.41) is 11.7. The van der Waals surface area contributed by atoms with Crippen molar-refractivity contribution in [2.75, 3.05) is 47.5 Å². The maximum absolute atomic E-state index is 12.8. The second kappa shape index (κ2) is 56.5. The Morgan fingerprint density at radius 2 is 0.616 bits per heavy atom. The van der Waals surface area contributed by atoms with Gasteiger partial charge in [0.25, 0.3) is 0 Å². The number of carbonyl (C=O) groups is 3. The molecule has 9 heteroatoms. The van der Waals surface area contributed by atoms with Gasteiger partial charge in [0.1, 0.15) is 13.2 Å². The summed E-state index contributed by atoms with van der Waals surface area (Å²) in [7, 11) is 5.93. The third-order valence-electron chi connectivity index (χ3n) is 14.9. The molecular formula is C64H125NO8. The quantitative estimate of drug-likeness (QED) is 0.0256. The second-order valence-electron chi connectivity index (χ2n) is 23.4. The van der Waals surface area contributed by atoms with Crippen molar-refractivity contribution in [1.29, 1.82) is 0 Å². The van der Waals surface area contributed by atoms with Gasteiger partial charge in [0.05, 0.1) is 40.3 Å². The van der Waals surface area contributed by atoms with E-state index in [1.807, 2.05) is 21.1 Å². The molecule has 0 aliphatic carbocycles. The van der Waals surface area contributed by atoms with Gasteiger partial charge in [-0.15, -0.1) is 0 Å². The number of hydrogen-bond acceptors (Lipinski definition) is 8. The van der Waals surface area contributed by atoms with Crippen LogP contribution in [-0.4, -0.2) is 82.3 Å². The number of hydrogen-bond donors (Lipinski definition) is 0. The van der Waals surface area contributed by atoms with E-state index in [0.29, 0.717) is 17.4 Å². The van der Waals surface area contributed by atoms with Crippen LogP contribution in [0.15, 0.2) is 0 Å². The molecule has 0 heterocycles. The lowest BCUT2D eigenvalue weighted by Gasteiger charge is -2.26. The number of unbranched alkanes of at least 4 members (excludes halogenated alkanes) is 46. The highest BCUT2D eigenvalue weighted by molar-refractivity contribution is 5.70. The summed E-state index contributed by atoms with van der Waals surface area (Å²) in [4.78, 5) is 37.0. The van der Waals surface area contributed by atoms with Crippen LogP contribution in [0.5, 0.6) is 0 Å². The maximum atomic E-state index is 12.8. The Hall–Kier alpha value is -1.71. The number of likely N-dealkylation sites (N-methyl/N-ethyl adjacent to an activating group) is 1. The third kappa shape index (κ3) is 57.8. The maximum Gasteiger partial charge on any atom is 0.306 e. The number of ether oxygens (including phenoxy) is 4. The number of carbonyl (C=O) groups excluding carboxylic acids is 3. The van der Waals surface area contributed by atoms with Crippen LogP contribution in [0, 0.1) is 0 Å². The first-order chi connectivity index (χ1) is 35.6. The lowest BCUT2D eigenvalue weighted by Crippen LogP contribution is -2.44. The molecule has 0 saturated heterocycles. The van der Waals surface area contributed by atoms with E-state index < -0.39 is 24.3 Å². The van der Waals surface area contributed by atoms with Crippen LogP contribution in [0.3, 0.4) is 0 Å². The van der Waals surface area contributed by atoms with Gasteiger partial charge in [-0.1, -0.05) is 309 Å². The van der Waals surface area contributed by atoms with Crippen LogP contribution in [-0.2, 0) is 33.3 Å². The number of rotatable bonds is 61. The zero-order chi connectivity index (χ0) is 53.4. The molecule has 0 aliphatic rings. The fourth-order valence-electron chi connectivity index (χ4n) is 9.89. The van der Waals surface area contributed by atoms with Crippen LogP contribution in [0.1, 0.15) is 335 Å². The van der Waals surface area contributed by atoms with Crippen molar-refractivity contribution in [1.82, 2.24) is 0 Å². The van der Waals surface area contributed by atoms with Gasteiger partial charge in [-0.3, -0.25) is 9.59 Å². The number of carboxylic acid groups (broad SMARTS) is 1. The number of carboxylic acids is 1. The van der Waals surface area contributed by atoms with Crippen LogP contribution in [0.2, 0.25) is 0 Å². The lowest BCUT2D eigenvalue weighted by molar-refractivity contribution is -0.870. The summed E-state index contributed by atoms with van der Waals surface area (Å²) >= 11 is 0. The SMILES string of the molecule is CCCCCCCCCCCCCCCCCCCCCCCCCCCCCCCCCCCCCCCCCCC(=O)OC(COC(=O)CCCCCCCCCC)COC(OCC[N+](C)(C)C)C(=O)[O-]. The first-order valence-corrected chi connectivity index (χ1v) is 32.2. The van der Waals surface area contributed by atoms with Crippen molar-refractivity contribution in [3.63, 3.8) is 0 Å². The molecule has 0 fully saturated rings. The monoisotopic (exact) mass is 1040 g/mol. The largest absolute Gasteiger partial charge is 0.545 e. The van der Waals surface area contributed by atoms with Gasteiger partial charge in [-0.25, -0.2) is 0 Å². The molecule has 0 aromatic heterocycles. The molecule has 0 bridgehead atoms. The minimum absolute atomic E-state index is 0.153. The van der Waals surface area contributed by atoms with Gasteiger partial charge in [-0.05, 0) is 12.8 Å². The van der Waals surface area contributed by atoms with Crippen molar-refractivity contribution in [2.24, 2.45) is 0 Å². The number of nitrogens with zero attached hydrogens (tertiary/aromatic N) is 1. The average Bonchev–Trinajstić information content (AvgIpc) is 3.36. The van der Waals surface area contributed by atoms with Crippen molar-refractivity contribution >= 4 is 17.9 Å². The molecule has 9 nitrogen and oxygen atoms in total. The number of aliphatic carboxylic acids is 1. The van der Waals surface area contributed by atoms with E-state index in [1.54, 1.807) is 0 Å². The van der Waals surface area contributed by atoms with E-state index in [9.17, 15) is 19.5 Å². The van der Waals surface area contributed by atoms with E-state index in [4.69, 9.17) is 18.9 Å². The molecule has 0 aliphatic heterocycles. The Labute approximate surface area is 453 Å². The highest BCUT2D eigenvalue weighted by Gasteiger charge is 2.22. The van der Waals surface area contributed by atoms with Crippen LogP contribution >= 0.6 is 0 Å². The van der Waals surface area contributed by atoms with Crippen molar-refractivity contribution in [2.45, 2.75) is 347 Å². The van der Waals surface area contributed by atoms with Gasteiger partial charge < -0.3 is 33.3 Å². The van der Waals surface area contributed by atoms with Gasteiger partial charge in [0.2, 0.25) is 0 Å². The molecule has 0 amide bonds. The summed E-state index contributed by atoms with van der Waals surface area (Å²) < 4.78 is 22.6. The van der Waals surface area contributed by atoms with E-state index in [2.05, 4.69) is 13.8 Å². The summed E-state index contributed by atoms with van der Waals surface area (Å²) in [6.45, 7) is 4.76. The Balaban J connectivity index is 3.76. The Morgan fingerprint density at radius 3 is 0.877 bits per heavy atom. The Kier molecular flexibility index (Phi) is 55.2. The molecular weight excluding hydrogens is 911 g/mol. The molecule has 0 N–H and O–H groups in total. The van der Waals surface area contributed by atoms with Gasteiger partial charge in [0, 0.05) is 12.8 Å². The molecule has 2 unspecified atom stereocenters. The third-order valence-corrected chi connectivity index (χ3v) is 14.9. The zero-order valence-corrected chi connectivity index (χ0v) is 49.6. The molecule has 0 aromatic carbocycles. The van der Waals surface area contributed by atoms with Crippen molar-refractivity contribution < 1.29 is 42.9 Å². The highest BCUT2D eigenvalue weighted by Crippen LogP contribution is 2.19. The number of quaternary nitrogens is 1. The average molecular weight is 1040 g/mol. The van der Waals surface area contributed by atoms with E-state index in [1.165, 1.54) is 270 Å². The summed E-state index contributed by atoms with van der Waals surface area (Å²) in [6, 6.07) is 0. The van der Waals surface area contributed by atoms with Gasteiger partial charge in [-0.2, -0.15) is 0 Å². The first-order valence-electron chi connectivity index (χ1n) is 32.2. The van der Waals surface area contributed by atoms with E-state index in [-0.39, 0.29) is 32.2 Å². The van der Waals surface area contributed by atoms with Crippen molar-refractivity contribution in [3.8, 4) is 0 Å². The molecule has 434 valence electrons. The normalized spacial score (nSPS) is 12.6. The summed E-state index contributed by atoms with van der Waals surface area (Å²) in [5.41, 5.74) is 0. The molecule has 0 aromatic rings. The molecule has 0 radical (unpaired) electrons. The lowest BCUT2D eigenvalue weighted by atomic mass is 10.0. The van der Waals surface area contributed by atoms with Gasteiger partial charge in [0.15, 0.2) is 12.4 Å².